The average Bonchev–Trinajstić information content (AvgIpc) is 2.17. The third-order valence-electron chi connectivity index (χ3n) is 1.83. The molecule has 0 fully saturated rings. The Kier molecular flexibility index (Phi) is 5.25. The minimum absolute atomic E-state index is 0. The van der Waals surface area contributed by atoms with Crippen molar-refractivity contribution >= 4 is 17.2 Å². The van der Waals surface area contributed by atoms with Gasteiger partial charge in [-0.1, -0.05) is 6.20 Å². The molecular weight excluding hydrogens is 211 g/mol. The number of hydrogen-bond donors (Lipinski definition) is 0. The van der Waals surface area contributed by atoms with Gasteiger partial charge in [0.1, 0.15) is 11.6 Å². The van der Waals surface area contributed by atoms with E-state index in [1.54, 1.807) is 6.29 Å². The SMILES string of the molecule is O=[C-]c1cnc2cc(F)cc(F)c2c1.[Li+].[OH-]. The molecule has 1 aromatic heterocycles. The van der Waals surface area contributed by atoms with E-state index in [9.17, 15) is 13.6 Å². The van der Waals surface area contributed by atoms with E-state index in [-0.39, 0.29) is 40.8 Å². The maximum absolute atomic E-state index is 13.2. The zero-order chi connectivity index (χ0) is 10.1. The molecule has 6 heteroatoms. The molecule has 1 N–H and O–H groups in total. The van der Waals surface area contributed by atoms with Gasteiger partial charge in [-0.05, 0) is 11.5 Å². The molecule has 2 rings (SSSR count). The Hall–Kier alpha value is -1.28. The third kappa shape index (κ3) is 2.64. The zero-order valence-corrected chi connectivity index (χ0v) is 8.37. The van der Waals surface area contributed by atoms with Crippen LogP contribution in [-0.4, -0.2) is 16.7 Å². The van der Waals surface area contributed by atoms with Crippen molar-refractivity contribution in [3.8, 4) is 0 Å². The van der Waals surface area contributed by atoms with Crippen LogP contribution in [0.3, 0.4) is 0 Å². The molecular formula is C10H5F2LiNO2-. The minimum Gasteiger partial charge on any atom is -0.870 e. The molecule has 0 bridgehead atoms. The normalized spacial score (nSPS) is 9.12. The Morgan fingerprint density at radius 1 is 1.19 bits per heavy atom. The Morgan fingerprint density at radius 3 is 2.50 bits per heavy atom. The molecule has 0 saturated carbocycles. The van der Waals surface area contributed by atoms with Crippen molar-refractivity contribution in [2.45, 2.75) is 0 Å². The van der Waals surface area contributed by atoms with E-state index in [1.165, 1.54) is 12.3 Å². The summed E-state index contributed by atoms with van der Waals surface area (Å²) in [5.41, 5.74) is 0.324. The number of rotatable bonds is 1. The van der Waals surface area contributed by atoms with Crippen LogP contribution in [0.2, 0.25) is 0 Å². The number of aromatic nitrogens is 1. The van der Waals surface area contributed by atoms with Gasteiger partial charge in [-0.15, -0.1) is 11.6 Å². The summed E-state index contributed by atoms with van der Waals surface area (Å²) in [6, 6.07) is 3.13. The van der Waals surface area contributed by atoms with Crippen molar-refractivity contribution in [1.29, 1.82) is 0 Å². The predicted molar refractivity (Wildman–Crippen MR) is 48.4 cm³/mol. The number of pyridine rings is 1. The van der Waals surface area contributed by atoms with Gasteiger partial charge in [0.25, 0.3) is 0 Å². The monoisotopic (exact) mass is 216 g/mol. The summed E-state index contributed by atoms with van der Waals surface area (Å²) in [5, 5.41) is 0.118. The standard InChI is InChI=1S/C10H4F2NO.Li.H2O/c11-7-2-9(12)8-1-6(5-14)4-13-10(8)3-7;;/h1-4H;;1H2/q-1;+1;/p-1. The fourth-order valence-corrected chi connectivity index (χ4v) is 1.21. The van der Waals surface area contributed by atoms with Gasteiger partial charge in [0.05, 0.1) is 6.29 Å². The van der Waals surface area contributed by atoms with Crippen LogP contribution >= 0.6 is 0 Å². The molecule has 0 aliphatic carbocycles. The van der Waals surface area contributed by atoms with Gasteiger partial charge in [-0.3, -0.25) is 0 Å². The number of carbonyl (C=O) groups excluding carboxylic acids is 1. The quantitative estimate of drug-likeness (QED) is 0.444. The number of fused-ring (bicyclic) bond motifs is 1. The van der Waals surface area contributed by atoms with E-state index in [0.29, 0.717) is 0 Å². The number of nitrogens with zero attached hydrogens (tertiary/aromatic N) is 1. The Bertz CT molecular complexity index is 519. The fraction of sp³-hybridized carbons (Fsp3) is 0. The summed E-state index contributed by atoms with van der Waals surface area (Å²) >= 11 is 0. The number of halogens is 2. The van der Waals surface area contributed by atoms with Crippen molar-refractivity contribution in [2.75, 3.05) is 0 Å². The largest absolute Gasteiger partial charge is 1.00 e. The van der Waals surface area contributed by atoms with Gasteiger partial charge >= 0.3 is 18.9 Å². The molecule has 1 heterocycles. The molecule has 0 aliphatic heterocycles. The summed E-state index contributed by atoms with van der Waals surface area (Å²) in [6.45, 7) is 0. The summed E-state index contributed by atoms with van der Waals surface area (Å²) < 4.78 is 25.9. The van der Waals surface area contributed by atoms with Crippen LogP contribution in [0.1, 0.15) is 5.56 Å². The second kappa shape index (κ2) is 5.71. The van der Waals surface area contributed by atoms with Crippen molar-refractivity contribution in [3.05, 3.63) is 41.6 Å². The maximum Gasteiger partial charge on any atom is 1.00 e. The van der Waals surface area contributed by atoms with Gasteiger partial charge in [0.2, 0.25) is 0 Å². The first-order valence-corrected chi connectivity index (χ1v) is 3.83. The van der Waals surface area contributed by atoms with Gasteiger partial charge < -0.3 is 15.3 Å². The van der Waals surface area contributed by atoms with Crippen LogP contribution in [0, 0.1) is 11.6 Å². The second-order valence-electron chi connectivity index (χ2n) is 2.78. The van der Waals surface area contributed by atoms with E-state index in [2.05, 4.69) is 4.98 Å². The molecule has 0 radical (unpaired) electrons. The van der Waals surface area contributed by atoms with Crippen molar-refractivity contribution in [3.63, 3.8) is 0 Å². The van der Waals surface area contributed by atoms with Gasteiger partial charge in [0, 0.05) is 11.6 Å². The molecule has 3 nitrogen and oxygen atoms in total. The van der Waals surface area contributed by atoms with Crippen LogP contribution in [0.5, 0.6) is 0 Å². The fourth-order valence-electron chi connectivity index (χ4n) is 1.21. The van der Waals surface area contributed by atoms with Crippen LogP contribution in [-0.2, 0) is 4.79 Å². The first kappa shape index (κ1) is 14.7. The van der Waals surface area contributed by atoms with Crippen LogP contribution < -0.4 is 18.9 Å². The smallest absolute Gasteiger partial charge is 0.870 e. The Labute approximate surface area is 102 Å². The Morgan fingerprint density at radius 2 is 1.88 bits per heavy atom. The van der Waals surface area contributed by atoms with Crippen molar-refractivity contribution in [2.24, 2.45) is 0 Å². The molecule has 0 amide bonds. The summed E-state index contributed by atoms with van der Waals surface area (Å²) in [6.07, 6.45) is 2.80. The molecule has 16 heavy (non-hydrogen) atoms. The first-order valence-electron chi connectivity index (χ1n) is 3.83. The van der Waals surface area contributed by atoms with Crippen LogP contribution in [0.15, 0.2) is 24.4 Å². The molecule has 0 unspecified atom stereocenters. The minimum atomic E-state index is -0.732. The summed E-state index contributed by atoms with van der Waals surface area (Å²) in [7, 11) is 0. The van der Waals surface area contributed by atoms with Crippen molar-refractivity contribution in [1.82, 2.24) is 4.98 Å². The van der Waals surface area contributed by atoms with E-state index in [1.807, 2.05) is 0 Å². The molecule has 0 atom stereocenters. The molecule has 0 spiro atoms. The van der Waals surface area contributed by atoms with Crippen LogP contribution in [0.25, 0.3) is 10.9 Å². The van der Waals surface area contributed by atoms with Gasteiger partial charge in [-0.25, -0.2) is 8.78 Å². The van der Waals surface area contributed by atoms with Gasteiger partial charge in [-0.2, -0.15) is 0 Å². The maximum atomic E-state index is 13.2. The van der Waals surface area contributed by atoms with E-state index in [4.69, 9.17) is 0 Å². The summed E-state index contributed by atoms with van der Waals surface area (Å²) in [4.78, 5) is 14.0. The topological polar surface area (TPSA) is 60.0 Å². The first-order chi connectivity index (χ1) is 6.70. The van der Waals surface area contributed by atoms with Crippen molar-refractivity contribution < 1.29 is 37.9 Å². The second-order valence-corrected chi connectivity index (χ2v) is 2.78. The average molecular weight is 216 g/mol. The predicted octanol–water partition coefficient (Wildman–Crippen LogP) is -1.20. The van der Waals surface area contributed by atoms with E-state index < -0.39 is 11.6 Å². The molecule has 78 valence electrons. The van der Waals surface area contributed by atoms with E-state index >= 15 is 0 Å². The summed E-state index contributed by atoms with van der Waals surface area (Å²) in [5.74, 6) is -1.42. The number of hydrogen-bond acceptors (Lipinski definition) is 3. The third-order valence-corrected chi connectivity index (χ3v) is 1.83. The zero-order valence-electron chi connectivity index (χ0n) is 8.37. The van der Waals surface area contributed by atoms with Crippen LogP contribution in [0.4, 0.5) is 8.78 Å². The molecule has 0 saturated heterocycles. The Balaban J connectivity index is 0.00000112. The molecule has 2 aromatic rings. The molecule has 1 aromatic carbocycles. The van der Waals surface area contributed by atoms with E-state index in [0.717, 1.165) is 12.1 Å². The number of benzene rings is 1. The molecule has 0 aliphatic rings. The van der Waals surface area contributed by atoms with Gasteiger partial charge in [0.15, 0.2) is 0 Å².